The molecule has 0 aromatic rings. The van der Waals surface area contributed by atoms with Gasteiger partial charge in [-0.3, -0.25) is 4.79 Å². The molecule has 2 aliphatic rings. The lowest BCUT2D eigenvalue weighted by Gasteiger charge is -2.44. The van der Waals surface area contributed by atoms with Crippen molar-refractivity contribution in [1.82, 2.24) is 10.2 Å². The first kappa shape index (κ1) is 14.8. The maximum Gasteiger partial charge on any atom is 0.323 e. The Morgan fingerprint density at radius 3 is 2.58 bits per heavy atom. The molecule has 0 amide bonds. The molecular weight excluding hydrogens is 244 g/mol. The third kappa shape index (κ3) is 3.09. The highest BCUT2D eigenvalue weighted by atomic mass is 16.5. The Morgan fingerprint density at radius 1 is 1.32 bits per heavy atom. The van der Waals surface area contributed by atoms with Crippen molar-refractivity contribution in [3.8, 4) is 0 Å². The Hall–Kier alpha value is -0.650. The minimum atomic E-state index is -0.734. The van der Waals surface area contributed by atoms with Crippen LogP contribution in [0.2, 0.25) is 0 Å². The van der Waals surface area contributed by atoms with Crippen LogP contribution in [-0.2, 0) is 9.53 Å². The van der Waals surface area contributed by atoms with Crippen molar-refractivity contribution in [3.05, 3.63) is 0 Å². The van der Waals surface area contributed by atoms with Crippen molar-refractivity contribution in [3.63, 3.8) is 0 Å². The number of rotatable bonds is 4. The van der Waals surface area contributed by atoms with Crippen molar-refractivity contribution in [2.24, 2.45) is 0 Å². The molecule has 0 aromatic heterocycles. The molecule has 1 aliphatic carbocycles. The van der Waals surface area contributed by atoms with E-state index >= 15 is 0 Å². The highest BCUT2D eigenvalue weighted by molar-refractivity contribution is 5.79. The molecule has 0 bridgehead atoms. The Morgan fingerprint density at radius 2 is 2.00 bits per heavy atom. The molecule has 1 saturated carbocycles. The number of carboxylic acids is 1. The molecule has 2 rings (SSSR count). The highest BCUT2D eigenvalue weighted by Gasteiger charge is 2.43. The van der Waals surface area contributed by atoms with Crippen LogP contribution in [0.15, 0.2) is 0 Å². The molecule has 2 unspecified atom stereocenters. The summed E-state index contributed by atoms with van der Waals surface area (Å²) in [6.07, 6.45) is 5.64. The van der Waals surface area contributed by atoms with Crippen LogP contribution in [-0.4, -0.2) is 60.9 Å². The topological polar surface area (TPSA) is 61.8 Å². The van der Waals surface area contributed by atoms with E-state index < -0.39 is 11.5 Å². The van der Waals surface area contributed by atoms with Gasteiger partial charge in [-0.1, -0.05) is 0 Å². The van der Waals surface area contributed by atoms with E-state index in [-0.39, 0.29) is 0 Å². The molecule has 0 spiro atoms. The fraction of sp³-hybridized carbons (Fsp3) is 0.929. The number of hydrogen-bond donors (Lipinski definition) is 2. The van der Waals surface area contributed by atoms with E-state index in [1.165, 1.54) is 0 Å². The summed E-state index contributed by atoms with van der Waals surface area (Å²) in [5.74, 6) is -0.708. The molecule has 1 aliphatic heterocycles. The van der Waals surface area contributed by atoms with Gasteiger partial charge in [0.25, 0.3) is 0 Å². The van der Waals surface area contributed by atoms with Crippen molar-refractivity contribution >= 4 is 5.97 Å². The average molecular weight is 270 g/mol. The van der Waals surface area contributed by atoms with Crippen LogP contribution in [0.5, 0.6) is 0 Å². The van der Waals surface area contributed by atoms with Crippen LogP contribution in [0.3, 0.4) is 0 Å². The quantitative estimate of drug-likeness (QED) is 0.800. The number of carboxylic acid groups (broad SMARTS) is 1. The zero-order valence-corrected chi connectivity index (χ0v) is 12.0. The molecule has 1 saturated heterocycles. The number of aliphatic carboxylic acids is 1. The molecule has 0 aromatic carbocycles. The van der Waals surface area contributed by atoms with E-state index in [4.69, 9.17) is 4.74 Å². The fourth-order valence-electron chi connectivity index (χ4n) is 3.51. The second kappa shape index (κ2) is 6.20. The zero-order valence-electron chi connectivity index (χ0n) is 12.0. The first-order valence-electron chi connectivity index (χ1n) is 7.31. The lowest BCUT2D eigenvalue weighted by molar-refractivity contribution is -0.147. The van der Waals surface area contributed by atoms with E-state index in [1.54, 1.807) is 7.05 Å². The van der Waals surface area contributed by atoms with Crippen molar-refractivity contribution in [2.45, 2.75) is 56.1 Å². The second-order valence-corrected chi connectivity index (χ2v) is 5.90. The third-order valence-electron chi connectivity index (χ3n) is 4.96. The van der Waals surface area contributed by atoms with Crippen LogP contribution >= 0.6 is 0 Å². The molecule has 2 N–H and O–H groups in total. The van der Waals surface area contributed by atoms with Crippen molar-refractivity contribution in [1.29, 1.82) is 0 Å². The van der Waals surface area contributed by atoms with Gasteiger partial charge in [-0.15, -0.1) is 0 Å². The smallest absolute Gasteiger partial charge is 0.323 e. The standard InChI is InChI=1S/C14H26N2O3/c1-15-14(13(17)18)7-3-4-12(10-14)16(2)11-5-8-19-9-6-11/h11-12,15H,3-10H2,1-2H3,(H,17,18). The van der Waals surface area contributed by atoms with Gasteiger partial charge in [-0.05, 0) is 52.6 Å². The van der Waals surface area contributed by atoms with Gasteiger partial charge >= 0.3 is 5.97 Å². The summed E-state index contributed by atoms with van der Waals surface area (Å²) >= 11 is 0. The Labute approximate surface area is 115 Å². The van der Waals surface area contributed by atoms with Gasteiger partial charge in [0.15, 0.2) is 0 Å². The van der Waals surface area contributed by atoms with E-state index in [0.29, 0.717) is 18.5 Å². The Kier molecular flexibility index (Phi) is 4.81. The summed E-state index contributed by atoms with van der Waals surface area (Å²) in [6, 6.07) is 0.903. The van der Waals surface area contributed by atoms with Crippen LogP contribution < -0.4 is 5.32 Å². The molecule has 2 fully saturated rings. The second-order valence-electron chi connectivity index (χ2n) is 5.90. The number of ether oxygens (including phenoxy) is 1. The maximum absolute atomic E-state index is 11.6. The molecule has 19 heavy (non-hydrogen) atoms. The molecule has 5 heteroatoms. The first-order chi connectivity index (χ1) is 9.09. The molecule has 0 radical (unpaired) electrons. The van der Waals surface area contributed by atoms with E-state index in [2.05, 4.69) is 17.3 Å². The van der Waals surface area contributed by atoms with E-state index in [0.717, 1.165) is 45.3 Å². The zero-order chi connectivity index (χ0) is 13.9. The number of hydrogen-bond acceptors (Lipinski definition) is 4. The van der Waals surface area contributed by atoms with Gasteiger partial charge in [-0.25, -0.2) is 0 Å². The van der Waals surface area contributed by atoms with E-state index in [9.17, 15) is 9.90 Å². The molecule has 110 valence electrons. The predicted molar refractivity (Wildman–Crippen MR) is 73.3 cm³/mol. The first-order valence-corrected chi connectivity index (χ1v) is 7.31. The minimum absolute atomic E-state index is 0.361. The van der Waals surface area contributed by atoms with Crippen LogP contribution in [0.25, 0.3) is 0 Å². The van der Waals surface area contributed by atoms with Gasteiger partial charge in [0.05, 0.1) is 0 Å². The minimum Gasteiger partial charge on any atom is -0.480 e. The number of nitrogens with zero attached hydrogens (tertiary/aromatic N) is 1. The monoisotopic (exact) mass is 270 g/mol. The van der Waals surface area contributed by atoms with Crippen LogP contribution in [0.1, 0.15) is 38.5 Å². The number of likely N-dealkylation sites (N-methyl/N-ethyl adjacent to an activating group) is 1. The third-order valence-corrected chi connectivity index (χ3v) is 4.96. The Balaban J connectivity index is 2.01. The van der Waals surface area contributed by atoms with Crippen molar-refractivity contribution in [2.75, 3.05) is 27.3 Å². The van der Waals surface area contributed by atoms with Crippen LogP contribution in [0, 0.1) is 0 Å². The van der Waals surface area contributed by atoms with Gasteiger partial charge in [0.2, 0.25) is 0 Å². The molecule has 2 atom stereocenters. The highest BCUT2D eigenvalue weighted by Crippen LogP contribution is 2.32. The lowest BCUT2D eigenvalue weighted by Crippen LogP contribution is -2.58. The summed E-state index contributed by atoms with van der Waals surface area (Å²) in [6.45, 7) is 1.66. The molecule has 5 nitrogen and oxygen atoms in total. The predicted octanol–water partition coefficient (Wildman–Crippen LogP) is 1.08. The van der Waals surface area contributed by atoms with Gasteiger partial charge in [0, 0.05) is 25.3 Å². The summed E-state index contributed by atoms with van der Waals surface area (Å²) in [4.78, 5) is 14.0. The fourth-order valence-corrected chi connectivity index (χ4v) is 3.51. The summed E-state index contributed by atoms with van der Waals surface area (Å²) < 4.78 is 5.40. The maximum atomic E-state index is 11.6. The summed E-state index contributed by atoms with van der Waals surface area (Å²) in [5, 5.41) is 12.6. The van der Waals surface area contributed by atoms with Crippen LogP contribution in [0.4, 0.5) is 0 Å². The van der Waals surface area contributed by atoms with Gasteiger partial charge in [-0.2, -0.15) is 0 Å². The molecule has 1 heterocycles. The Bertz CT molecular complexity index is 318. The summed E-state index contributed by atoms with van der Waals surface area (Å²) in [5.41, 5.74) is -0.734. The normalized spacial score (nSPS) is 33.5. The van der Waals surface area contributed by atoms with Crippen molar-refractivity contribution < 1.29 is 14.6 Å². The van der Waals surface area contributed by atoms with E-state index in [1.807, 2.05) is 0 Å². The molecular formula is C14H26N2O3. The lowest BCUT2D eigenvalue weighted by atomic mass is 9.78. The summed E-state index contributed by atoms with van der Waals surface area (Å²) in [7, 11) is 3.92. The largest absolute Gasteiger partial charge is 0.480 e. The van der Waals surface area contributed by atoms with Gasteiger partial charge < -0.3 is 20.1 Å². The average Bonchev–Trinajstić information content (AvgIpc) is 2.47. The SMILES string of the molecule is CNC1(C(=O)O)CCCC(N(C)C2CCOCC2)C1. The van der Waals surface area contributed by atoms with Gasteiger partial charge in [0.1, 0.15) is 5.54 Å². The number of carbonyl (C=O) groups is 1. The number of nitrogens with one attached hydrogen (secondary N) is 1.